The van der Waals surface area contributed by atoms with Crippen LogP contribution in [0.3, 0.4) is 0 Å². The summed E-state index contributed by atoms with van der Waals surface area (Å²) in [4.78, 5) is 23.1. The summed E-state index contributed by atoms with van der Waals surface area (Å²) >= 11 is 3.27. The van der Waals surface area contributed by atoms with Gasteiger partial charge in [0.2, 0.25) is 0 Å². The molecule has 8 heteroatoms. The summed E-state index contributed by atoms with van der Waals surface area (Å²) in [6, 6.07) is 4.12. The van der Waals surface area contributed by atoms with E-state index in [-0.39, 0.29) is 22.6 Å². The van der Waals surface area contributed by atoms with E-state index < -0.39 is 16.9 Å². The van der Waals surface area contributed by atoms with Gasteiger partial charge in [-0.2, -0.15) is 0 Å². The number of nitro groups is 1. The van der Waals surface area contributed by atoms with Crippen LogP contribution in [0, 0.1) is 22.5 Å². The van der Waals surface area contributed by atoms with Gasteiger partial charge in [0.1, 0.15) is 5.76 Å². The summed E-state index contributed by atoms with van der Waals surface area (Å²) in [6.45, 7) is 5.81. The lowest BCUT2D eigenvalue weighted by Crippen LogP contribution is -2.24. The molecular weight excluding hydrogens is 404 g/mol. The fourth-order valence-electron chi connectivity index (χ4n) is 3.40. The van der Waals surface area contributed by atoms with Crippen molar-refractivity contribution in [2.24, 2.45) is 5.41 Å². The molecule has 1 atom stereocenters. The second-order valence-corrected chi connectivity index (χ2v) is 8.18. The Bertz CT molecular complexity index is 903. The highest BCUT2D eigenvalue weighted by molar-refractivity contribution is 9.10. The lowest BCUT2D eigenvalue weighted by atomic mass is 9.75. The van der Waals surface area contributed by atoms with Gasteiger partial charge in [-0.3, -0.25) is 14.9 Å². The Labute approximate surface area is 158 Å². The quantitative estimate of drug-likeness (QED) is 0.558. The third-order valence-corrected chi connectivity index (χ3v) is 5.30. The van der Waals surface area contributed by atoms with Gasteiger partial charge >= 0.3 is 0 Å². The number of nitro benzene ring substituents is 1. The first-order valence-corrected chi connectivity index (χ1v) is 8.94. The van der Waals surface area contributed by atoms with Gasteiger partial charge in [0, 0.05) is 34.2 Å². The molecular formula is C18H19BrN2O5. The number of furan rings is 1. The molecule has 1 aromatic carbocycles. The molecule has 1 unspecified atom stereocenters. The van der Waals surface area contributed by atoms with E-state index >= 15 is 0 Å². The van der Waals surface area contributed by atoms with Crippen LogP contribution in [-0.4, -0.2) is 15.9 Å². The Kier molecular flexibility index (Phi) is 4.66. The SMILES string of the molecule is Cc1c(C(=O)Nc2cc([N+](=O)[O-])ccc2Br)oc2c1C(O)CC(C)(C)C2. The van der Waals surface area contributed by atoms with Crippen LogP contribution in [0.5, 0.6) is 0 Å². The molecule has 2 aromatic rings. The van der Waals surface area contributed by atoms with E-state index in [0.717, 1.165) is 0 Å². The number of halogens is 1. The normalized spacial score (nSPS) is 18.3. The Morgan fingerprint density at radius 2 is 2.15 bits per heavy atom. The third-order valence-electron chi connectivity index (χ3n) is 4.60. The van der Waals surface area contributed by atoms with E-state index in [4.69, 9.17) is 4.42 Å². The maximum atomic E-state index is 12.7. The van der Waals surface area contributed by atoms with Crippen LogP contribution < -0.4 is 5.32 Å². The van der Waals surface area contributed by atoms with E-state index in [9.17, 15) is 20.0 Å². The molecule has 0 saturated carbocycles. The van der Waals surface area contributed by atoms with E-state index in [1.165, 1.54) is 18.2 Å². The summed E-state index contributed by atoms with van der Waals surface area (Å²) in [7, 11) is 0. The minimum Gasteiger partial charge on any atom is -0.455 e. The number of fused-ring (bicyclic) bond motifs is 1. The van der Waals surface area contributed by atoms with E-state index in [0.29, 0.717) is 34.2 Å². The molecule has 1 aliphatic carbocycles. The maximum absolute atomic E-state index is 12.7. The number of aliphatic hydroxyl groups excluding tert-OH is 1. The maximum Gasteiger partial charge on any atom is 0.291 e. The van der Waals surface area contributed by atoms with Gasteiger partial charge in [0.05, 0.1) is 16.7 Å². The zero-order valence-electron chi connectivity index (χ0n) is 14.6. The number of carbonyl (C=O) groups excluding carboxylic acids is 1. The number of nitrogens with one attached hydrogen (secondary N) is 1. The molecule has 26 heavy (non-hydrogen) atoms. The first kappa shape index (κ1) is 18.6. The molecule has 1 heterocycles. The van der Waals surface area contributed by atoms with Gasteiger partial charge in [-0.05, 0) is 40.8 Å². The summed E-state index contributed by atoms with van der Waals surface area (Å²) in [5.74, 6) is 0.225. The number of aliphatic hydroxyl groups is 1. The first-order valence-electron chi connectivity index (χ1n) is 8.14. The van der Waals surface area contributed by atoms with Crippen LogP contribution in [0.25, 0.3) is 0 Å². The third kappa shape index (κ3) is 3.39. The van der Waals surface area contributed by atoms with Crippen molar-refractivity contribution in [1.82, 2.24) is 0 Å². The second kappa shape index (κ2) is 6.51. The van der Waals surface area contributed by atoms with Gasteiger partial charge in [-0.1, -0.05) is 13.8 Å². The number of nitrogens with zero attached hydrogens (tertiary/aromatic N) is 1. The number of rotatable bonds is 3. The lowest BCUT2D eigenvalue weighted by molar-refractivity contribution is -0.384. The Hall–Kier alpha value is -2.19. The number of amides is 1. The minimum absolute atomic E-state index is 0.116. The number of benzene rings is 1. The fourth-order valence-corrected chi connectivity index (χ4v) is 3.75. The zero-order chi connectivity index (χ0) is 19.2. The summed E-state index contributed by atoms with van der Waals surface area (Å²) in [5, 5.41) is 24.0. The lowest BCUT2D eigenvalue weighted by Gasteiger charge is -2.31. The Balaban J connectivity index is 1.93. The molecule has 0 aliphatic heterocycles. The van der Waals surface area contributed by atoms with Gasteiger partial charge in [-0.15, -0.1) is 0 Å². The molecule has 7 nitrogen and oxygen atoms in total. The van der Waals surface area contributed by atoms with Crippen molar-refractivity contribution < 1.29 is 19.2 Å². The predicted molar refractivity (Wildman–Crippen MR) is 99.3 cm³/mol. The zero-order valence-corrected chi connectivity index (χ0v) is 16.2. The smallest absolute Gasteiger partial charge is 0.291 e. The topological polar surface area (TPSA) is 106 Å². The monoisotopic (exact) mass is 422 g/mol. The van der Waals surface area contributed by atoms with Gasteiger partial charge in [0.25, 0.3) is 11.6 Å². The molecule has 3 rings (SSSR count). The molecule has 1 amide bonds. The van der Waals surface area contributed by atoms with Crippen LogP contribution >= 0.6 is 15.9 Å². The highest BCUT2D eigenvalue weighted by Gasteiger charge is 2.37. The highest BCUT2D eigenvalue weighted by atomic mass is 79.9. The van der Waals surface area contributed by atoms with E-state index in [1.807, 2.05) is 13.8 Å². The molecule has 1 aliphatic rings. The first-order chi connectivity index (χ1) is 12.1. The largest absolute Gasteiger partial charge is 0.455 e. The van der Waals surface area contributed by atoms with Crippen molar-refractivity contribution >= 4 is 33.2 Å². The van der Waals surface area contributed by atoms with Crippen molar-refractivity contribution in [3.63, 3.8) is 0 Å². The molecule has 138 valence electrons. The van der Waals surface area contributed by atoms with E-state index in [1.54, 1.807) is 6.92 Å². The van der Waals surface area contributed by atoms with Crippen LogP contribution in [0.4, 0.5) is 11.4 Å². The van der Waals surface area contributed by atoms with E-state index in [2.05, 4.69) is 21.2 Å². The summed E-state index contributed by atoms with van der Waals surface area (Å²) in [6.07, 6.45) is 0.551. The molecule has 0 spiro atoms. The minimum atomic E-state index is -0.677. The average Bonchev–Trinajstić information content (AvgIpc) is 2.84. The predicted octanol–water partition coefficient (Wildman–Crippen LogP) is 4.52. The molecule has 0 radical (unpaired) electrons. The van der Waals surface area contributed by atoms with Crippen molar-refractivity contribution in [2.75, 3.05) is 5.32 Å². The molecule has 0 saturated heterocycles. The standard InChI is InChI=1S/C18H19BrN2O5/c1-9-15-13(22)7-18(2,3)8-14(15)26-16(9)17(23)20-12-6-10(21(24)25)4-5-11(12)19/h4-6,13,22H,7-8H2,1-3H3,(H,20,23). The van der Waals surface area contributed by atoms with Gasteiger partial charge < -0.3 is 14.8 Å². The molecule has 0 bridgehead atoms. The average molecular weight is 423 g/mol. The number of hydrogen-bond acceptors (Lipinski definition) is 5. The van der Waals surface area contributed by atoms with Crippen LogP contribution in [-0.2, 0) is 6.42 Å². The Morgan fingerprint density at radius 3 is 2.81 bits per heavy atom. The van der Waals surface area contributed by atoms with Crippen molar-refractivity contribution in [3.8, 4) is 0 Å². The highest BCUT2D eigenvalue weighted by Crippen LogP contribution is 2.44. The van der Waals surface area contributed by atoms with Crippen molar-refractivity contribution in [3.05, 3.63) is 55.4 Å². The number of hydrogen-bond donors (Lipinski definition) is 2. The van der Waals surface area contributed by atoms with Crippen LogP contribution in [0.2, 0.25) is 0 Å². The molecule has 0 fully saturated rings. The van der Waals surface area contributed by atoms with Crippen LogP contribution in [0.1, 0.15) is 53.8 Å². The number of anilines is 1. The molecule has 1 aromatic heterocycles. The number of non-ortho nitro benzene ring substituents is 1. The summed E-state index contributed by atoms with van der Waals surface area (Å²) in [5.41, 5.74) is 1.30. The second-order valence-electron chi connectivity index (χ2n) is 7.33. The Morgan fingerprint density at radius 1 is 1.46 bits per heavy atom. The van der Waals surface area contributed by atoms with Crippen molar-refractivity contribution in [2.45, 2.75) is 39.7 Å². The van der Waals surface area contributed by atoms with Crippen molar-refractivity contribution in [1.29, 1.82) is 0 Å². The molecule has 2 N–H and O–H groups in total. The van der Waals surface area contributed by atoms with Crippen LogP contribution in [0.15, 0.2) is 27.1 Å². The number of carbonyl (C=O) groups is 1. The fraction of sp³-hybridized carbons (Fsp3) is 0.389. The summed E-state index contributed by atoms with van der Waals surface area (Å²) < 4.78 is 6.29. The van der Waals surface area contributed by atoms with Gasteiger partial charge in [0.15, 0.2) is 5.76 Å². The van der Waals surface area contributed by atoms with Gasteiger partial charge in [-0.25, -0.2) is 0 Å².